The predicted molar refractivity (Wildman–Crippen MR) is 102 cm³/mol. The van der Waals surface area contributed by atoms with E-state index < -0.39 is 0 Å². The maximum Gasteiger partial charge on any atom is 0.185 e. The molecule has 3 nitrogen and oxygen atoms in total. The van der Waals surface area contributed by atoms with Crippen LogP contribution in [-0.2, 0) is 0 Å². The molecule has 0 aliphatic heterocycles. The summed E-state index contributed by atoms with van der Waals surface area (Å²) >= 11 is 1.68. The van der Waals surface area contributed by atoms with E-state index >= 15 is 0 Å². The Morgan fingerprint density at radius 2 is 1.58 bits per heavy atom. The number of benzene rings is 1. The molecule has 2 rings (SSSR count). The monoisotopic (exact) mass is 341 g/mol. The highest BCUT2D eigenvalue weighted by Crippen LogP contribution is 2.26. The quantitative estimate of drug-likeness (QED) is 0.496. The molecule has 4 heteroatoms. The van der Waals surface area contributed by atoms with Gasteiger partial charge in [-0.2, -0.15) is 0 Å². The van der Waals surface area contributed by atoms with Crippen molar-refractivity contribution in [3.05, 3.63) is 58.5 Å². The molecule has 0 aliphatic rings. The van der Waals surface area contributed by atoms with Gasteiger partial charge in [0, 0.05) is 35.5 Å². The molecule has 0 N–H and O–H groups in total. The van der Waals surface area contributed by atoms with E-state index in [0.717, 1.165) is 18.0 Å². The van der Waals surface area contributed by atoms with Gasteiger partial charge in [0.15, 0.2) is 11.6 Å². The van der Waals surface area contributed by atoms with Crippen LogP contribution in [0.4, 0.5) is 5.00 Å². The summed E-state index contributed by atoms with van der Waals surface area (Å²) in [6.07, 6.45) is 3.92. The van der Waals surface area contributed by atoms with Crippen LogP contribution in [0.1, 0.15) is 52.8 Å². The lowest BCUT2D eigenvalue weighted by Crippen LogP contribution is -2.20. The van der Waals surface area contributed by atoms with Gasteiger partial charge in [0.1, 0.15) is 0 Å². The second kappa shape index (κ2) is 8.60. The van der Waals surface area contributed by atoms with E-state index in [4.69, 9.17) is 0 Å². The lowest BCUT2D eigenvalue weighted by Gasteiger charge is -2.17. The highest BCUT2D eigenvalue weighted by atomic mass is 32.1. The van der Waals surface area contributed by atoms with Crippen molar-refractivity contribution in [3.63, 3.8) is 0 Å². The molecule has 0 bridgehead atoms. The smallest absolute Gasteiger partial charge is 0.185 e. The van der Waals surface area contributed by atoms with Gasteiger partial charge in [0.05, 0.1) is 5.00 Å². The van der Waals surface area contributed by atoms with E-state index in [2.05, 4.69) is 24.8 Å². The Morgan fingerprint density at radius 1 is 0.958 bits per heavy atom. The first-order valence-corrected chi connectivity index (χ1v) is 9.11. The zero-order chi connectivity index (χ0) is 17.5. The van der Waals surface area contributed by atoms with Crippen molar-refractivity contribution in [2.24, 2.45) is 0 Å². The molecule has 0 saturated carbocycles. The molecule has 126 valence electrons. The summed E-state index contributed by atoms with van der Waals surface area (Å²) in [6, 6.07) is 11.0. The molecule has 0 radical (unpaired) electrons. The van der Waals surface area contributed by atoms with Crippen molar-refractivity contribution >= 4 is 34.0 Å². The van der Waals surface area contributed by atoms with Gasteiger partial charge in [-0.25, -0.2) is 0 Å². The van der Waals surface area contributed by atoms with E-state index in [0.29, 0.717) is 17.5 Å². The topological polar surface area (TPSA) is 37.4 Å². The van der Waals surface area contributed by atoms with Crippen LogP contribution >= 0.6 is 11.3 Å². The van der Waals surface area contributed by atoms with Gasteiger partial charge in [0.2, 0.25) is 0 Å². The first-order chi connectivity index (χ1) is 11.6. The van der Waals surface area contributed by atoms with Crippen molar-refractivity contribution in [3.8, 4) is 0 Å². The minimum Gasteiger partial charge on any atom is -0.364 e. The molecule has 0 saturated heterocycles. The first-order valence-electron chi connectivity index (χ1n) is 8.29. The first kappa shape index (κ1) is 18.1. The molecular formula is C20H23NO2S. The molecule has 0 unspecified atom stereocenters. The van der Waals surface area contributed by atoms with Crippen LogP contribution in [0.25, 0.3) is 6.08 Å². The van der Waals surface area contributed by atoms with Gasteiger partial charge in [-0.1, -0.05) is 31.2 Å². The number of carbonyl (C=O) groups excluding carboxylic acids is 2. The maximum atomic E-state index is 12.2. The molecule has 0 spiro atoms. The van der Waals surface area contributed by atoms with Crippen LogP contribution in [0.5, 0.6) is 0 Å². The van der Waals surface area contributed by atoms with Crippen LogP contribution in [0.15, 0.2) is 42.5 Å². The Morgan fingerprint density at radius 3 is 2.17 bits per heavy atom. The number of allylic oxidation sites excluding steroid dienone is 1. The fourth-order valence-electron chi connectivity index (χ4n) is 2.42. The van der Waals surface area contributed by atoms with Crippen molar-refractivity contribution in [1.82, 2.24) is 0 Å². The molecule has 0 amide bonds. The van der Waals surface area contributed by atoms with Gasteiger partial charge in [-0.15, -0.1) is 11.3 Å². The fraction of sp³-hybridized carbons (Fsp3) is 0.300. The van der Waals surface area contributed by atoms with E-state index in [1.165, 1.54) is 5.00 Å². The van der Waals surface area contributed by atoms with Crippen LogP contribution in [0, 0.1) is 0 Å². The summed E-state index contributed by atoms with van der Waals surface area (Å²) in [6.45, 7) is 8.05. The zero-order valence-corrected chi connectivity index (χ0v) is 15.2. The van der Waals surface area contributed by atoms with E-state index in [9.17, 15) is 9.59 Å². The minimum absolute atomic E-state index is 0.0525. The average molecular weight is 341 g/mol. The van der Waals surface area contributed by atoms with E-state index in [1.807, 2.05) is 19.1 Å². The average Bonchev–Trinajstić information content (AvgIpc) is 3.09. The van der Waals surface area contributed by atoms with Gasteiger partial charge in [-0.05, 0) is 38.1 Å². The third-order valence-corrected chi connectivity index (χ3v) is 5.01. The number of ketones is 2. The Hall–Kier alpha value is -2.20. The SMILES string of the molecule is CCC(=O)c1ccc(C(=O)/C=C/c2ccc(N(CC)CC)s2)cc1. The number of thiophene rings is 1. The molecule has 0 aliphatic carbocycles. The Kier molecular flexibility index (Phi) is 6.50. The van der Waals surface area contributed by atoms with Crippen LogP contribution in [-0.4, -0.2) is 24.7 Å². The van der Waals surface area contributed by atoms with Crippen molar-refractivity contribution in [1.29, 1.82) is 0 Å². The van der Waals surface area contributed by atoms with Crippen molar-refractivity contribution < 1.29 is 9.59 Å². The standard InChI is InChI=1S/C20H23NO2S/c1-4-18(22)15-7-9-16(10-8-15)19(23)13-11-17-12-14-20(24-17)21(5-2)6-3/h7-14H,4-6H2,1-3H3/b13-11+. The lowest BCUT2D eigenvalue weighted by molar-refractivity contribution is 0.0986. The van der Waals surface area contributed by atoms with Gasteiger partial charge in [-0.3, -0.25) is 9.59 Å². The highest BCUT2D eigenvalue weighted by molar-refractivity contribution is 7.16. The Bertz CT molecular complexity index is 724. The van der Waals surface area contributed by atoms with E-state index in [-0.39, 0.29) is 11.6 Å². The number of rotatable bonds is 8. The second-order valence-corrected chi connectivity index (χ2v) is 6.49. The predicted octanol–water partition coefficient (Wildman–Crippen LogP) is 5.08. The molecule has 0 fully saturated rings. The Labute approximate surface area is 147 Å². The third kappa shape index (κ3) is 4.42. The Balaban J connectivity index is 2.06. The van der Waals surface area contributed by atoms with Crippen LogP contribution in [0.3, 0.4) is 0 Å². The lowest BCUT2D eigenvalue weighted by atomic mass is 10.0. The number of anilines is 1. The second-order valence-electron chi connectivity index (χ2n) is 5.40. The van der Waals surface area contributed by atoms with Gasteiger partial charge in [0.25, 0.3) is 0 Å². The molecular weight excluding hydrogens is 318 g/mol. The molecule has 1 aromatic heterocycles. The number of hydrogen-bond acceptors (Lipinski definition) is 4. The summed E-state index contributed by atoms with van der Waals surface area (Å²) < 4.78 is 0. The normalized spacial score (nSPS) is 11.0. The molecule has 1 heterocycles. The molecule has 1 aromatic carbocycles. The summed E-state index contributed by atoms with van der Waals surface area (Å²) in [5.41, 5.74) is 1.25. The number of Topliss-reactive ketones (excluding diaryl/α,β-unsaturated/α-hetero) is 1. The van der Waals surface area contributed by atoms with Crippen molar-refractivity contribution in [2.75, 3.05) is 18.0 Å². The summed E-state index contributed by atoms with van der Waals surface area (Å²) in [5, 5.41) is 1.22. The number of hydrogen-bond donors (Lipinski definition) is 0. The minimum atomic E-state index is -0.0525. The van der Waals surface area contributed by atoms with Gasteiger partial charge >= 0.3 is 0 Å². The zero-order valence-electron chi connectivity index (χ0n) is 14.4. The van der Waals surface area contributed by atoms with Crippen molar-refractivity contribution in [2.45, 2.75) is 27.2 Å². The summed E-state index contributed by atoms with van der Waals surface area (Å²) in [5.74, 6) is 0.0374. The molecule has 0 atom stereocenters. The summed E-state index contributed by atoms with van der Waals surface area (Å²) in [7, 11) is 0. The maximum absolute atomic E-state index is 12.2. The van der Waals surface area contributed by atoms with Gasteiger partial charge < -0.3 is 4.90 Å². The molecule has 2 aromatic rings. The summed E-state index contributed by atoms with van der Waals surface area (Å²) in [4.78, 5) is 27.2. The van der Waals surface area contributed by atoms with Crippen LogP contribution in [0.2, 0.25) is 0 Å². The number of carbonyl (C=O) groups is 2. The molecule has 24 heavy (non-hydrogen) atoms. The van der Waals surface area contributed by atoms with E-state index in [1.54, 1.807) is 41.7 Å². The van der Waals surface area contributed by atoms with Crippen LogP contribution < -0.4 is 4.90 Å². The largest absolute Gasteiger partial charge is 0.364 e. The number of nitrogens with zero attached hydrogens (tertiary/aromatic N) is 1. The third-order valence-electron chi connectivity index (χ3n) is 3.90. The highest BCUT2D eigenvalue weighted by Gasteiger charge is 2.07. The fourth-order valence-corrected chi connectivity index (χ4v) is 3.45.